The Labute approximate surface area is 332 Å². The molecule has 0 amide bonds. The maximum atomic E-state index is 5.03. The lowest BCUT2D eigenvalue weighted by molar-refractivity contribution is -0.731. The Kier molecular flexibility index (Phi) is 7.30. The van der Waals surface area contributed by atoms with E-state index >= 15 is 0 Å². The number of hydrogen-bond acceptors (Lipinski definition) is 1. The van der Waals surface area contributed by atoms with Crippen LogP contribution in [0.5, 0.6) is 0 Å². The number of imidazole rings is 1. The molecule has 1 aliphatic rings. The zero-order chi connectivity index (χ0) is 38.3. The van der Waals surface area contributed by atoms with Gasteiger partial charge in [0, 0.05) is 17.0 Å². The second-order valence-electron chi connectivity index (χ2n) is 16.3. The standard InChI is InChI=1S/C53H41N4/c1-52(2,3)56-35-55(48-26-13-14-27-49(48)56)40-19-15-18-38(33-40)53(45-23-10-7-20-41(45)42-21-8-11-24-46(42)53)39-28-29-44-43-22-9-12-25-47(43)57(50(44)34-39)51-32-37(30-31-54-51)36-16-5-4-6-17-36/h4-35H,1-3H3/q+1. The minimum Gasteiger partial charge on any atom is -0.294 e. The number of pyridine rings is 1. The molecule has 0 saturated heterocycles. The molecule has 0 saturated carbocycles. The Bertz CT molecular complexity index is 3130. The van der Waals surface area contributed by atoms with Gasteiger partial charge >= 0.3 is 0 Å². The van der Waals surface area contributed by atoms with Gasteiger partial charge in [-0.3, -0.25) is 4.57 Å². The van der Waals surface area contributed by atoms with Gasteiger partial charge in [0.15, 0.2) is 11.0 Å². The topological polar surface area (TPSA) is 26.6 Å². The summed E-state index contributed by atoms with van der Waals surface area (Å²) in [5, 5.41) is 2.41. The number of hydrogen-bond donors (Lipinski definition) is 0. The molecule has 272 valence electrons. The van der Waals surface area contributed by atoms with Crippen LogP contribution in [0, 0.1) is 0 Å². The third-order valence-electron chi connectivity index (χ3n) is 12.1. The van der Waals surface area contributed by atoms with Crippen LogP contribution in [-0.2, 0) is 11.0 Å². The Balaban J connectivity index is 1.21. The van der Waals surface area contributed by atoms with Gasteiger partial charge in [-0.1, -0.05) is 133 Å². The first-order chi connectivity index (χ1) is 27.9. The van der Waals surface area contributed by atoms with Gasteiger partial charge in [0.25, 0.3) is 0 Å². The maximum Gasteiger partial charge on any atom is 0.250 e. The fourth-order valence-electron chi connectivity index (χ4n) is 9.57. The van der Waals surface area contributed by atoms with E-state index < -0.39 is 5.41 Å². The van der Waals surface area contributed by atoms with Crippen LogP contribution in [0.3, 0.4) is 0 Å². The molecule has 1 aliphatic carbocycles. The predicted octanol–water partition coefficient (Wildman–Crippen LogP) is 12.2. The van der Waals surface area contributed by atoms with Crippen molar-refractivity contribution in [2.45, 2.75) is 31.7 Å². The normalized spacial score (nSPS) is 13.3. The first kappa shape index (κ1) is 33.3. The molecule has 11 rings (SSSR count). The van der Waals surface area contributed by atoms with Crippen LogP contribution >= 0.6 is 0 Å². The Morgan fingerprint density at radius 2 is 1.16 bits per heavy atom. The van der Waals surface area contributed by atoms with Crippen molar-refractivity contribution in [3.63, 3.8) is 0 Å². The Morgan fingerprint density at radius 1 is 0.509 bits per heavy atom. The van der Waals surface area contributed by atoms with Crippen molar-refractivity contribution in [1.82, 2.24) is 14.1 Å². The number of nitrogens with zero attached hydrogens (tertiary/aromatic N) is 4. The molecule has 57 heavy (non-hydrogen) atoms. The predicted molar refractivity (Wildman–Crippen MR) is 233 cm³/mol. The minimum absolute atomic E-state index is 0.0869. The van der Waals surface area contributed by atoms with E-state index in [1.165, 1.54) is 60.8 Å². The lowest BCUT2D eigenvalue weighted by Gasteiger charge is -2.34. The number of aromatic nitrogens is 4. The molecule has 3 aromatic heterocycles. The first-order valence-electron chi connectivity index (χ1n) is 19.8. The second-order valence-corrected chi connectivity index (χ2v) is 16.3. The molecule has 0 radical (unpaired) electrons. The summed E-state index contributed by atoms with van der Waals surface area (Å²) in [5.41, 5.74) is 15.0. The smallest absolute Gasteiger partial charge is 0.250 e. The van der Waals surface area contributed by atoms with E-state index in [0.717, 1.165) is 28.1 Å². The molecule has 0 aliphatic heterocycles. The largest absolute Gasteiger partial charge is 0.294 e. The molecule has 0 unspecified atom stereocenters. The Hall–Kier alpha value is -7.04. The second kappa shape index (κ2) is 12.5. The highest BCUT2D eigenvalue weighted by molar-refractivity contribution is 6.09. The van der Waals surface area contributed by atoms with Crippen molar-refractivity contribution < 1.29 is 4.57 Å². The van der Waals surface area contributed by atoms with Crippen molar-refractivity contribution in [1.29, 1.82) is 0 Å². The average molecular weight is 734 g/mol. The summed E-state index contributed by atoms with van der Waals surface area (Å²) in [6, 6.07) is 66.7. The van der Waals surface area contributed by atoms with E-state index in [1.807, 2.05) is 6.20 Å². The van der Waals surface area contributed by atoms with Gasteiger partial charge < -0.3 is 0 Å². The van der Waals surface area contributed by atoms with Crippen molar-refractivity contribution >= 4 is 32.8 Å². The maximum absolute atomic E-state index is 5.03. The van der Waals surface area contributed by atoms with Gasteiger partial charge in [-0.05, 0) is 114 Å². The SMILES string of the molecule is CC(C)(C)[n+]1cn(-c2cccc(C3(c4ccc5c6ccccc6n(-c6cc(-c7ccccc7)ccn6)c5c4)c4ccccc4-c4ccccc43)c2)c2ccccc21. The molecule has 0 spiro atoms. The quantitative estimate of drug-likeness (QED) is 0.162. The van der Waals surface area contributed by atoms with E-state index in [2.05, 4.69) is 223 Å². The van der Waals surface area contributed by atoms with E-state index in [-0.39, 0.29) is 5.54 Å². The van der Waals surface area contributed by atoms with E-state index in [1.54, 1.807) is 0 Å². The van der Waals surface area contributed by atoms with Crippen LogP contribution in [0.2, 0.25) is 0 Å². The van der Waals surface area contributed by atoms with Gasteiger partial charge in [0.1, 0.15) is 17.0 Å². The first-order valence-corrected chi connectivity index (χ1v) is 19.8. The highest BCUT2D eigenvalue weighted by Gasteiger charge is 2.46. The highest BCUT2D eigenvalue weighted by Crippen LogP contribution is 2.56. The molecule has 10 aromatic rings. The summed E-state index contributed by atoms with van der Waals surface area (Å²) in [6.07, 6.45) is 4.21. The van der Waals surface area contributed by atoms with Crippen LogP contribution in [0.4, 0.5) is 0 Å². The molecule has 4 heteroatoms. The third kappa shape index (κ3) is 4.93. The van der Waals surface area contributed by atoms with Gasteiger partial charge in [0.2, 0.25) is 6.33 Å². The summed E-state index contributed by atoms with van der Waals surface area (Å²) in [7, 11) is 0. The minimum atomic E-state index is -0.596. The molecule has 7 aromatic carbocycles. The summed E-state index contributed by atoms with van der Waals surface area (Å²) >= 11 is 0. The number of para-hydroxylation sites is 3. The third-order valence-corrected chi connectivity index (χ3v) is 12.1. The summed E-state index contributed by atoms with van der Waals surface area (Å²) in [6.45, 7) is 6.80. The van der Waals surface area contributed by atoms with Crippen LogP contribution in [-0.4, -0.2) is 14.1 Å². The fourth-order valence-corrected chi connectivity index (χ4v) is 9.57. The van der Waals surface area contributed by atoms with E-state index in [9.17, 15) is 0 Å². The van der Waals surface area contributed by atoms with Crippen molar-refractivity contribution in [2.75, 3.05) is 0 Å². The Morgan fingerprint density at radius 3 is 1.93 bits per heavy atom. The van der Waals surface area contributed by atoms with Gasteiger partial charge in [-0.15, -0.1) is 0 Å². The lowest BCUT2D eigenvalue weighted by Crippen LogP contribution is -2.49. The molecular formula is C53H41N4+. The molecule has 0 bridgehead atoms. The number of rotatable bonds is 5. The molecule has 0 fully saturated rings. The zero-order valence-electron chi connectivity index (χ0n) is 32.3. The van der Waals surface area contributed by atoms with Gasteiger partial charge in [-0.25, -0.2) is 9.55 Å². The van der Waals surface area contributed by atoms with Crippen molar-refractivity contribution in [3.8, 4) is 33.8 Å². The summed E-state index contributed by atoms with van der Waals surface area (Å²) < 4.78 is 7.10. The van der Waals surface area contributed by atoms with Crippen molar-refractivity contribution in [3.05, 3.63) is 217 Å². The number of benzene rings is 7. The summed E-state index contributed by atoms with van der Waals surface area (Å²) in [4.78, 5) is 5.03. The van der Waals surface area contributed by atoms with Gasteiger partial charge in [0.05, 0.1) is 16.4 Å². The molecule has 0 N–H and O–H groups in total. The van der Waals surface area contributed by atoms with Crippen molar-refractivity contribution in [2.24, 2.45) is 0 Å². The van der Waals surface area contributed by atoms with Crippen LogP contribution < -0.4 is 4.57 Å². The van der Waals surface area contributed by atoms with Crippen LogP contribution in [0.1, 0.15) is 43.0 Å². The average Bonchev–Trinajstić information content (AvgIpc) is 3.91. The molecule has 4 nitrogen and oxygen atoms in total. The van der Waals surface area contributed by atoms with Crippen LogP contribution in [0.15, 0.2) is 195 Å². The monoisotopic (exact) mass is 733 g/mol. The molecular weight excluding hydrogens is 693 g/mol. The fraction of sp³-hybridized carbons (Fsp3) is 0.0943. The highest BCUT2D eigenvalue weighted by atomic mass is 15.2. The van der Waals surface area contributed by atoms with Gasteiger partial charge in [-0.2, -0.15) is 4.57 Å². The molecule has 3 heterocycles. The van der Waals surface area contributed by atoms with Crippen LogP contribution in [0.25, 0.3) is 66.6 Å². The van der Waals surface area contributed by atoms with E-state index in [0.29, 0.717) is 0 Å². The summed E-state index contributed by atoms with van der Waals surface area (Å²) in [5.74, 6) is 0.898. The van der Waals surface area contributed by atoms with E-state index in [4.69, 9.17) is 4.98 Å². The zero-order valence-corrected chi connectivity index (χ0v) is 32.3. The molecule has 0 atom stereocenters. The lowest BCUT2D eigenvalue weighted by atomic mass is 9.67. The number of fused-ring (bicyclic) bond motifs is 7.